The predicted octanol–water partition coefficient (Wildman–Crippen LogP) is 3.54. The zero-order chi connectivity index (χ0) is 15.0. The highest BCUT2D eigenvalue weighted by molar-refractivity contribution is 5.99. The molecule has 0 amide bonds. The number of rotatable bonds is 2. The first-order valence-electron chi connectivity index (χ1n) is 7.46. The molecular formula is C17H20N2O2. The molecule has 0 radical (unpaired) electrons. The van der Waals surface area contributed by atoms with Crippen LogP contribution in [0.3, 0.4) is 0 Å². The van der Waals surface area contributed by atoms with Crippen LogP contribution in [0.5, 0.6) is 0 Å². The summed E-state index contributed by atoms with van der Waals surface area (Å²) in [6, 6.07) is 5.88. The van der Waals surface area contributed by atoms with Crippen molar-refractivity contribution in [1.29, 1.82) is 0 Å². The van der Waals surface area contributed by atoms with Gasteiger partial charge in [0.2, 0.25) is 0 Å². The van der Waals surface area contributed by atoms with Crippen LogP contribution in [0.1, 0.15) is 40.7 Å². The van der Waals surface area contributed by atoms with E-state index in [1.54, 1.807) is 6.07 Å². The van der Waals surface area contributed by atoms with Crippen molar-refractivity contribution < 1.29 is 9.90 Å². The summed E-state index contributed by atoms with van der Waals surface area (Å²) in [5.74, 6) is -0.273. The average molecular weight is 284 g/mol. The van der Waals surface area contributed by atoms with E-state index in [4.69, 9.17) is 0 Å². The van der Waals surface area contributed by atoms with E-state index >= 15 is 0 Å². The summed E-state index contributed by atoms with van der Waals surface area (Å²) in [7, 11) is 0. The van der Waals surface area contributed by atoms with Crippen molar-refractivity contribution in [2.75, 3.05) is 18.0 Å². The molecule has 0 aliphatic carbocycles. The van der Waals surface area contributed by atoms with Crippen molar-refractivity contribution in [2.45, 2.75) is 33.1 Å². The van der Waals surface area contributed by atoms with Crippen LogP contribution in [0.25, 0.3) is 10.9 Å². The third-order valence-corrected chi connectivity index (χ3v) is 4.15. The predicted molar refractivity (Wildman–Crippen MR) is 84.2 cm³/mol. The van der Waals surface area contributed by atoms with Crippen LogP contribution in [0.2, 0.25) is 0 Å². The van der Waals surface area contributed by atoms with Crippen molar-refractivity contribution in [2.24, 2.45) is 0 Å². The van der Waals surface area contributed by atoms with Gasteiger partial charge in [-0.05, 0) is 56.4 Å². The number of nitrogens with zero attached hydrogens (tertiary/aromatic N) is 2. The molecule has 110 valence electrons. The molecule has 1 N–H and O–H groups in total. The molecule has 0 atom stereocenters. The molecule has 1 saturated heterocycles. The van der Waals surface area contributed by atoms with Gasteiger partial charge in [0.25, 0.3) is 0 Å². The smallest absolute Gasteiger partial charge is 0.339 e. The molecule has 4 nitrogen and oxygen atoms in total. The summed E-state index contributed by atoms with van der Waals surface area (Å²) in [4.78, 5) is 18.4. The topological polar surface area (TPSA) is 53.4 Å². The van der Waals surface area contributed by atoms with Gasteiger partial charge in [-0.25, -0.2) is 9.78 Å². The number of aromatic nitrogens is 1. The van der Waals surface area contributed by atoms with Gasteiger partial charge in [0.15, 0.2) is 0 Å². The van der Waals surface area contributed by atoms with Gasteiger partial charge >= 0.3 is 5.97 Å². The quantitative estimate of drug-likeness (QED) is 0.916. The second-order valence-corrected chi connectivity index (χ2v) is 5.86. The minimum absolute atomic E-state index is 0.316. The third kappa shape index (κ3) is 2.58. The number of carboxylic acid groups (broad SMARTS) is 1. The molecule has 1 aliphatic heterocycles. The van der Waals surface area contributed by atoms with Crippen molar-refractivity contribution in [3.05, 3.63) is 34.9 Å². The number of carbonyl (C=O) groups is 1. The Bertz CT molecular complexity index is 703. The molecule has 0 bridgehead atoms. The maximum absolute atomic E-state index is 11.6. The molecule has 0 saturated carbocycles. The van der Waals surface area contributed by atoms with E-state index in [1.165, 1.54) is 6.42 Å². The number of aromatic carboxylic acids is 1. The largest absolute Gasteiger partial charge is 0.478 e. The van der Waals surface area contributed by atoms with Crippen LogP contribution in [0.4, 0.5) is 5.82 Å². The Balaban J connectivity index is 2.21. The van der Waals surface area contributed by atoms with Gasteiger partial charge in [-0.1, -0.05) is 6.07 Å². The van der Waals surface area contributed by atoms with E-state index in [2.05, 4.69) is 16.0 Å². The first kappa shape index (κ1) is 13.9. The summed E-state index contributed by atoms with van der Waals surface area (Å²) in [5.41, 5.74) is 3.43. The first-order valence-corrected chi connectivity index (χ1v) is 7.46. The maximum Gasteiger partial charge on any atom is 0.339 e. The summed E-state index contributed by atoms with van der Waals surface area (Å²) in [5, 5.41) is 10.5. The molecule has 3 rings (SSSR count). The Kier molecular flexibility index (Phi) is 3.53. The van der Waals surface area contributed by atoms with Gasteiger partial charge in [-0.3, -0.25) is 0 Å². The van der Waals surface area contributed by atoms with Crippen molar-refractivity contribution in [1.82, 2.24) is 4.98 Å². The molecule has 0 unspecified atom stereocenters. The fraction of sp³-hybridized carbons (Fsp3) is 0.412. The number of anilines is 1. The average Bonchev–Trinajstić information content (AvgIpc) is 2.46. The summed E-state index contributed by atoms with van der Waals surface area (Å²) >= 11 is 0. The monoisotopic (exact) mass is 284 g/mol. The molecule has 21 heavy (non-hydrogen) atoms. The number of fused-ring (bicyclic) bond motifs is 1. The van der Waals surface area contributed by atoms with Gasteiger partial charge < -0.3 is 10.0 Å². The van der Waals surface area contributed by atoms with E-state index in [1.807, 2.05) is 19.9 Å². The molecule has 1 aromatic heterocycles. The van der Waals surface area contributed by atoms with E-state index in [-0.39, 0.29) is 0 Å². The molecule has 2 heterocycles. The Labute approximate surface area is 124 Å². The van der Waals surface area contributed by atoms with Gasteiger partial charge in [-0.2, -0.15) is 0 Å². The van der Waals surface area contributed by atoms with Crippen LogP contribution >= 0.6 is 0 Å². The minimum atomic E-state index is -0.898. The second kappa shape index (κ2) is 5.35. The zero-order valence-corrected chi connectivity index (χ0v) is 12.5. The van der Waals surface area contributed by atoms with E-state index in [0.29, 0.717) is 11.4 Å². The lowest BCUT2D eigenvalue weighted by molar-refractivity contribution is 0.0697. The number of benzene rings is 1. The summed E-state index contributed by atoms with van der Waals surface area (Å²) < 4.78 is 0. The fourth-order valence-corrected chi connectivity index (χ4v) is 3.12. The van der Waals surface area contributed by atoms with E-state index in [0.717, 1.165) is 48.0 Å². The Morgan fingerprint density at radius 1 is 1.14 bits per heavy atom. The van der Waals surface area contributed by atoms with E-state index < -0.39 is 5.97 Å². The normalized spacial score (nSPS) is 15.4. The molecule has 1 aliphatic rings. The number of pyridine rings is 1. The van der Waals surface area contributed by atoms with Crippen LogP contribution in [-0.4, -0.2) is 29.1 Å². The molecule has 1 fully saturated rings. The number of carboxylic acids is 1. The van der Waals surface area contributed by atoms with Gasteiger partial charge in [0, 0.05) is 18.5 Å². The SMILES string of the molecule is Cc1cc(C)c2cc(C(=O)O)c(N3CCCCC3)nc2c1. The second-order valence-electron chi connectivity index (χ2n) is 5.86. The number of hydrogen-bond acceptors (Lipinski definition) is 3. The number of piperidine rings is 1. The third-order valence-electron chi connectivity index (χ3n) is 4.15. The Morgan fingerprint density at radius 3 is 2.52 bits per heavy atom. The van der Waals surface area contributed by atoms with Crippen LogP contribution in [0, 0.1) is 13.8 Å². The highest BCUT2D eigenvalue weighted by Crippen LogP contribution is 2.28. The van der Waals surface area contributed by atoms with Crippen molar-refractivity contribution >= 4 is 22.7 Å². The molecule has 1 aromatic carbocycles. The van der Waals surface area contributed by atoms with Crippen molar-refractivity contribution in [3.8, 4) is 0 Å². The first-order chi connectivity index (χ1) is 10.1. The maximum atomic E-state index is 11.6. The van der Waals surface area contributed by atoms with Crippen LogP contribution < -0.4 is 4.90 Å². The number of aryl methyl sites for hydroxylation is 2. The lowest BCUT2D eigenvalue weighted by Gasteiger charge is -2.29. The summed E-state index contributed by atoms with van der Waals surface area (Å²) in [6.45, 7) is 5.83. The fourth-order valence-electron chi connectivity index (χ4n) is 3.12. The molecule has 4 heteroatoms. The Morgan fingerprint density at radius 2 is 1.86 bits per heavy atom. The van der Waals surface area contributed by atoms with Crippen LogP contribution in [-0.2, 0) is 0 Å². The van der Waals surface area contributed by atoms with E-state index in [9.17, 15) is 9.90 Å². The standard InChI is InChI=1S/C17H20N2O2/c1-11-8-12(2)13-10-14(17(20)21)16(18-15(13)9-11)19-6-4-3-5-7-19/h8-10H,3-7H2,1-2H3,(H,20,21). The highest BCUT2D eigenvalue weighted by atomic mass is 16.4. The lowest BCUT2D eigenvalue weighted by Crippen LogP contribution is -2.31. The minimum Gasteiger partial charge on any atom is -0.478 e. The highest BCUT2D eigenvalue weighted by Gasteiger charge is 2.21. The van der Waals surface area contributed by atoms with Gasteiger partial charge in [-0.15, -0.1) is 0 Å². The molecule has 2 aromatic rings. The zero-order valence-electron chi connectivity index (χ0n) is 12.5. The van der Waals surface area contributed by atoms with Crippen LogP contribution in [0.15, 0.2) is 18.2 Å². The molecule has 0 spiro atoms. The van der Waals surface area contributed by atoms with Gasteiger partial charge in [0.1, 0.15) is 11.4 Å². The van der Waals surface area contributed by atoms with Crippen molar-refractivity contribution in [3.63, 3.8) is 0 Å². The Hall–Kier alpha value is -2.10. The van der Waals surface area contributed by atoms with Gasteiger partial charge in [0.05, 0.1) is 5.52 Å². The number of hydrogen-bond donors (Lipinski definition) is 1. The molecular weight excluding hydrogens is 264 g/mol. The lowest BCUT2D eigenvalue weighted by atomic mass is 10.0. The summed E-state index contributed by atoms with van der Waals surface area (Å²) in [6.07, 6.45) is 3.42.